The number of ketones is 1. The van der Waals surface area contributed by atoms with E-state index in [4.69, 9.17) is 4.74 Å². The van der Waals surface area contributed by atoms with Crippen molar-refractivity contribution < 1.29 is 14.3 Å². The number of hydrogen-bond donors (Lipinski definition) is 0. The number of methoxy groups -OCH3 is 1. The van der Waals surface area contributed by atoms with Crippen LogP contribution in [-0.2, 0) is 14.3 Å². The summed E-state index contributed by atoms with van der Waals surface area (Å²) < 4.78 is 4.78. The van der Waals surface area contributed by atoms with Gasteiger partial charge in [-0.25, -0.2) is 0 Å². The number of carbonyl (C=O) groups excluding carboxylic acids is 2. The zero-order valence-corrected chi connectivity index (χ0v) is 9.96. The molecule has 0 N–H and O–H groups in total. The van der Waals surface area contributed by atoms with Gasteiger partial charge in [0.05, 0.1) is 13.5 Å². The lowest BCUT2D eigenvalue weighted by molar-refractivity contribution is -0.148. The van der Waals surface area contributed by atoms with E-state index in [-0.39, 0.29) is 17.3 Å². The predicted molar refractivity (Wildman–Crippen MR) is 59.9 cm³/mol. The van der Waals surface area contributed by atoms with Crippen LogP contribution in [0.2, 0.25) is 0 Å². The summed E-state index contributed by atoms with van der Waals surface area (Å²) >= 11 is 0. The summed E-state index contributed by atoms with van der Waals surface area (Å²) in [6.07, 6.45) is 7.44. The second kappa shape index (κ2) is 4.56. The predicted octanol–water partition coefficient (Wildman–Crippen LogP) is 2.48. The first-order valence-corrected chi connectivity index (χ1v) is 6.27. The van der Waals surface area contributed by atoms with Gasteiger partial charge in [0.15, 0.2) is 0 Å². The first kappa shape index (κ1) is 11.6. The van der Waals surface area contributed by atoms with Crippen molar-refractivity contribution in [3.05, 3.63) is 0 Å². The van der Waals surface area contributed by atoms with E-state index in [0.717, 1.165) is 38.5 Å². The van der Waals surface area contributed by atoms with Gasteiger partial charge in [0.2, 0.25) is 0 Å². The molecule has 0 aromatic carbocycles. The van der Waals surface area contributed by atoms with E-state index >= 15 is 0 Å². The molecular formula is C13H20O3. The van der Waals surface area contributed by atoms with Crippen LogP contribution in [0.4, 0.5) is 0 Å². The molecule has 2 saturated carbocycles. The van der Waals surface area contributed by atoms with E-state index in [2.05, 4.69) is 0 Å². The first-order chi connectivity index (χ1) is 7.68. The Bertz CT molecular complexity index is 294. The quantitative estimate of drug-likeness (QED) is 0.677. The number of rotatable bonds is 2. The van der Waals surface area contributed by atoms with Crippen LogP contribution in [-0.4, -0.2) is 18.9 Å². The molecule has 3 heteroatoms. The number of esters is 1. The SMILES string of the molecule is COC(=O)C[C@]12CCCCC1C(=O)CCC2. The summed E-state index contributed by atoms with van der Waals surface area (Å²) in [5.41, 5.74) is -0.0549. The maximum Gasteiger partial charge on any atom is 0.306 e. The van der Waals surface area contributed by atoms with Gasteiger partial charge in [0.1, 0.15) is 5.78 Å². The molecule has 0 aliphatic heterocycles. The number of carbonyl (C=O) groups is 2. The van der Waals surface area contributed by atoms with Crippen LogP contribution in [0.5, 0.6) is 0 Å². The highest BCUT2D eigenvalue weighted by molar-refractivity contribution is 5.84. The number of Topliss-reactive ketones (excluding diaryl/α,β-unsaturated/α-hetero) is 1. The van der Waals surface area contributed by atoms with Crippen LogP contribution < -0.4 is 0 Å². The highest BCUT2D eigenvalue weighted by atomic mass is 16.5. The third-order valence-corrected chi connectivity index (χ3v) is 4.37. The lowest BCUT2D eigenvalue weighted by atomic mass is 9.57. The van der Waals surface area contributed by atoms with Gasteiger partial charge in [-0.05, 0) is 31.1 Å². The van der Waals surface area contributed by atoms with Crippen molar-refractivity contribution >= 4 is 11.8 Å². The zero-order chi connectivity index (χ0) is 11.6. The lowest BCUT2D eigenvalue weighted by Crippen LogP contribution is -2.43. The Morgan fingerprint density at radius 2 is 2.12 bits per heavy atom. The second-order valence-electron chi connectivity index (χ2n) is 5.23. The van der Waals surface area contributed by atoms with Crippen LogP contribution >= 0.6 is 0 Å². The summed E-state index contributed by atoms with van der Waals surface area (Å²) in [6.45, 7) is 0. The number of fused-ring (bicyclic) bond motifs is 1. The summed E-state index contributed by atoms with van der Waals surface area (Å²) in [5.74, 6) is 0.366. The van der Waals surface area contributed by atoms with Crippen molar-refractivity contribution in [3.8, 4) is 0 Å². The molecule has 0 aromatic heterocycles. The molecule has 1 unspecified atom stereocenters. The maximum absolute atomic E-state index is 12.0. The highest BCUT2D eigenvalue weighted by Crippen LogP contribution is 2.51. The van der Waals surface area contributed by atoms with Gasteiger partial charge in [-0.1, -0.05) is 12.8 Å². The molecule has 3 nitrogen and oxygen atoms in total. The van der Waals surface area contributed by atoms with Crippen LogP contribution in [0.1, 0.15) is 51.4 Å². The summed E-state index contributed by atoms with van der Waals surface area (Å²) in [7, 11) is 1.43. The molecule has 2 aliphatic carbocycles. The van der Waals surface area contributed by atoms with Crippen LogP contribution in [0.3, 0.4) is 0 Å². The third kappa shape index (κ3) is 2.00. The molecule has 2 rings (SSSR count). The minimum Gasteiger partial charge on any atom is -0.469 e. The van der Waals surface area contributed by atoms with Gasteiger partial charge in [-0.3, -0.25) is 9.59 Å². The number of ether oxygens (including phenoxy) is 1. The van der Waals surface area contributed by atoms with Gasteiger partial charge < -0.3 is 4.74 Å². The summed E-state index contributed by atoms with van der Waals surface area (Å²) in [4.78, 5) is 23.5. The molecule has 0 radical (unpaired) electrons. The molecule has 2 fully saturated rings. The zero-order valence-electron chi connectivity index (χ0n) is 9.96. The van der Waals surface area contributed by atoms with Gasteiger partial charge in [0.25, 0.3) is 0 Å². The van der Waals surface area contributed by atoms with E-state index in [1.807, 2.05) is 0 Å². The van der Waals surface area contributed by atoms with Crippen molar-refractivity contribution in [2.75, 3.05) is 7.11 Å². The van der Waals surface area contributed by atoms with Gasteiger partial charge in [-0.2, -0.15) is 0 Å². The van der Waals surface area contributed by atoms with Gasteiger partial charge >= 0.3 is 5.97 Å². The van der Waals surface area contributed by atoms with Crippen molar-refractivity contribution in [2.45, 2.75) is 51.4 Å². The van der Waals surface area contributed by atoms with E-state index < -0.39 is 0 Å². The fourth-order valence-corrected chi connectivity index (χ4v) is 3.56. The molecular weight excluding hydrogens is 204 g/mol. The van der Waals surface area contributed by atoms with Crippen molar-refractivity contribution in [2.24, 2.45) is 11.3 Å². The van der Waals surface area contributed by atoms with Crippen LogP contribution in [0, 0.1) is 11.3 Å². The Morgan fingerprint density at radius 1 is 1.38 bits per heavy atom. The molecule has 16 heavy (non-hydrogen) atoms. The Labute approximate surface area is 96.5 Å². The number of hydrogen-bond acceptors (Lipinski definition) is 3. The summed E-state index contributed by atoms with van der Waals surface area (Å²) in [6, 6.07) is 0. The molecule has 0 saturated heterocycles. The first-order valence-electron chi connectivity index (χ1n) is 6.27. The summed E-state index contributed by atoms with van der Waals surface area (Å²) in [5, 5.41) is 0. The topological polar surface area (TPSA) is 43.4 Å². The second-order valence-corrected chi connectivity index (χ2v) is 5.23. The molecule has 0 amide bonds. The van der Waals surface area contributed by atoms with Crippen LogP contribution in [0.15, 0.2) is 0 Å². The molecule has 0 bridgehead atoms. The minimum atomic E-state index is -0.151. The fourth-order valence-electron chi connectivity index (χ4n) is 3.56. The Morgan fingerprint density at radius 3 is 2.88 bits per heavy atom. The van der Waals surface area contributed by atoms with Crippen molar-refractivity contribution in [1.29, 1.82) is 0 Å². The Kier molecular flexibility index (Phi) is 3.31. The Hall–Kier alpha value is -0.860. The monoisotopic (exact) mass is 224 g/mol. The normalized spacial score (nSPS) is 34.3. The molecule has 2 aliphatic rings. The van der Waals surface area contributed by atoms with Crippen LogP contribution in [0.25, 0.3) is 0 Å². The Balaban J connectivity index is 2.17. The van der Waals surface area contributed by atoms with Crippen molar-refractivity contribution in [1.82, 2.24) is 0 Å². The molecule has 2 atom stereocenters. The highest BCUT2D eigenvalue weighted by Gasteiger charge is 2.47. The molecule has 0 aromatic rings. The molecule has 0 heterocycles. The largest absolute Gasteiger partial charge is 0.469 e. The maximum atomic E-state index is 12.0. The lowest BCUT2D eigenvalue weighted by Gasteiger charge is -2.45. The average Bonchev–Trinajstić information content (AvgIpc) is 2.29. The minimum absolute atomic E-state index is 0.0549. The smallest absolute Gasteiger partial charge is 0.306 e. The average molecular weight is 224 g/mol. The van der Waals surface area contributed by atoms with E-state index in [9.17, 15) is 9.59 Å². The van der Waals surface area contributed by atoms with E-state index in [1.165, 1.54) is 7.11 Å². The van der Waals surface area contributed by atoms with E-state index in [0.29, 0.717) is 18.6 Å². The third-order valence-electron chi connectivity index (χ3n) is 4.37. The molecule has 90 valence electrons. The fraction of sp³-hybridized carbons (Fsp3) is 0.846. The van der Waals surface area contributed by atoms with E-state index in [1.54, 1.807) is 0 Å². The molecule has 0 spiro atoms. The van der Waals surface area contributed by atoms with Gasteiger partial charge in [-0.15, -0.1) is 0 Å². The van der Waals surface area contributed by atoms with Crippen molar-refractivity contribution in [3.63, 3.8) is 0 Å². The van der Waals surface area contributed by atoms with Gasteiger partial charge in [0, 0.05) is 12.3 Å². The standard InChI is InChI=1S/C13H20O3/c1-16-12(15)9-13-7-3-2-5-10(13)11(14)6-4-8-13/h10H,2-9H2,1H3/t10?,13-/m1/s1.